The summed E-state index contributed by atoms with van der Waals surface area (Å²) < 4.78 is 56.7. The van der Waals surface area contributed by atoms with Crippen LogP contribution in [-0.4, -0.2) is 257 Å². The highest BCUT2D eigenvalue weighted by Gasteiger charge is 2.43. The van der Waals surface area contributed by atoms with Crippen LogP contribution in [0.25, 0.3) is 77.1 Å². The fraction of sp³-hybridized carbons (Fsp3) is 0.451. The maximum Gasteiger partial charge on any atom is 0.350 e. The van der Waals surface area contributed by atoms with Crippen molar-refractivity contribution < 1.29 is 37.4 Å². The van der Waals surface area contributed by atoms with Gasteiger partial charge in [-0.25, -0.2) is 37.9 Å². The van der Waals surface area contributed by atoms with Gasteiger partial charge in [-0.2, -0.15) is 15.0 Å². The van der Waals surface area contributed by atoms with Crippen molar-refractivity contribution >= 4 is 125 Å². The second-order valence-electron chi connectivity index (χ2n) is 34.8. The van der Waals surface area contributed by atoms with Crippen LogP contribution in [0.4, 0.5) is 37.9 Å². The molecule has 6 fully saturated rings. The van der Waals surface area contributed by atoms with E-state index < -0.39 is 23.0 Å². The number of fused-ring (bicyclic) bond motifs is 1. The molecule has 31 nitrogen and oxygen atoms in total. The Labute approximate surface area is 746 Å². The third-order valence-corrected chi connectivity index (χ3v) is 27.5. The van der Waals surface area contributed by atoms with Crippen molar-refractivity contribution in [1.82, 2.24) is 77.6 Å². The van der Waals surface area contributed by atoms with Crippen LogP contribution in [0, 0.1) is 18.6 Å². The Kier molecular flexibility index (Phi) is 24.3. The van der Waals surface area contributed by atoms with Crippen molar-refractivity contribution in [2.24, 2.45) is 7.05 Å². The van der Waals surface area contributed by atoms with Crippen molar-refractivity contribution in [3.63, 3.8) is 0 Å². The van der Waals surface area contributed by atoms with Gasteiger partial charge in [-0.05, 0) is 174 Å². The van der Waals surface area contributed by atoms with E-state index in [4.69, 9.17) is 59.7 Å². The number of pyridine rings is 2. The first kappa shape index (κ1) is 87.6. The summed E-state index contributed by atoms with van der Waals surface area (Å²) in [4.78, 5) is 136. The minimum atomic E-state index is -0.593. The molecule has 10 aromatic rings. The number of nitrogens with zero attached hydrogens (tertiary/aromatic N) is 18. The zero-order chi connectivity index (χ0) is 89.7. The van der Waals surface area contributed by atoms with Gasteiger partial charge < -0.3 is 74.3 Å². The summed E-state index contributed by atoms with van der Waals surface area (Å²) in [7, 11) is 3.39. The molecule has 0 bridgehead atoms. The van der Waals surface area contributed by atoms with E-state index in [9.17, 15) is 33.6 Å². The second-order valence-corrected chi connectivity index (χ2v) is 36.0. The normalized spacial score (nSPS) is 22.3. The van der Waals surface area contributed by atoms with Crippen LogP contribution in [0.1, 0.15) is 97.3 Å². The number of halogens is 5. The lowest BCUT2D eigenvalue weighted by Crippen LogP contribution is -2.58. The van der Waals surface area contributed by atoms with Crippen molar-refractivity contribution in [1.29, 1.82) is 0 Å². The summed E-state index contributed by atoms with van der Waals surface area (Å²) in [6, 6.07) is 10.1. The smallest absolute Gasteiger partial charge is 0.350 e. The van der Waals surface area contributed by atoms with Crippen LogP contribution in [0.5, 0.6) is 17.2 Å². The fourth-order valence-electron chi connectivity index (χ4n) is 20.0. The molecule has 6 saturated heterocycles. The maximum absolute atomic E-state index is 15.4. The highest BCUT2D eigenvalue weighted by Crippen LogP contribution is 2.53. The van der Waals surface area contributed by atoms with E-state index in [2.05, 4.69) is 69.6 Å². The Morgan fingerprint density at radius 1 is 0.496 bits per heavy atom. The summed E-state index contributed by atoms with van der Waals surface area (Å²) in [6.45, 7) is 36.0. The van der Waals surface area contributed by atoms with Crippen LogP contribution in [-0.2, 0) is 21.4 Å². The molecule has 668 valence electrons. The number of aromatic amines is 1. The predicted octanol–water partition coefficient (Wildman–Crippen LogP) is 10.9. The summed E-state index contributed by atoms with van der Waals surface area (Å²) in [5.41, 5.74) is 11.0. The van der Waals surface area contributed by atoms with Gasteiger partial charge in [0.1, 0.15) is 60.5 Å². The molecular formula is C91H104Cl3F2N21O10. The Morgan fingerprint density at radius 3 is 1.22 bits per heavy atom. The van der Waals surface area contributed by atoms with E-state index in [-0.39, 0.29) is 135 Å². The standard InChI is InChI=1S/C34H40ClN7O4.C29H33ClFN7O3.C28H31ClFN7O3/c1-6-26(43)40-15-21(4)41(16-20(40)3)32-23-14-24(35)28(27-19(2)10-11-25-30(27)38(5)33(44)36-25)31-29(23)42(34(45)37-32)22(18-46-31)17-39-12-8-7-9-13-39;1-5-22(39)36-12-17(3)37(13-16(36)2)28-19-11-20(30)23(24-21(31)7-8-33-27(24)32-4)26-25(19)38(29(40)34-28)18(15-41-26)14-35-9-6-10-35;1-4-21(38)35-11-16(3)36(12-15(35)2)27-18-10-19(29)22(23-20(30)6-7-32-26(23)31)25-24(18)37(28(39)33-27)17(14-40-25)13-34-8-5-9-34/h6,10-11,14,20-22H,1,7-9,12-13,15-18H2,2-5H3,(H,36,44);5,7-8,11,16-18H,1,6,9-10,12-15H2,2-4H3,(H,32,33);4,6-7,10,15-17H,1,5,8-9,11-14H2,2-3H3,(H2,31,32)/t20-,21+,22?;16-,17+,18?;15-,16+,17?/m111/s1. The van der Waals surface area contributed by atoms with E-state index in [1.54, 1.807) is 54.6 Å². The van der Waals surface area contributed by atoms with Gasteiger partial charge in [0.15, 0.2) is 17.2 Å². The zero-order valence-corrected chi connectivity index (χ0v) is 74.9. The van der Waals surface area contributed by atoms with Crippen LogP contribution in [0.3, 0.4) is 0 Å². The molecule has 0 aliphatic carbocycles. The lowest BCUT2D eigenvalue weighted by molar-refractivity contribution is -0.129. The first-order chi connectivity index (χ1) is 61.0. The molecule has 36 heteroatoms. The molecule has 9 aliphatic heterocycles. The molecule has 19 rings (SSSR count). The summed E-state index contributed by atoms with van der Waals surface area (Å²) in [5, 5.41) is 5.82. The SMILES string of the molecule is C=CC(=O)N1C[C@H](C)N(c2nc(=O)n3c4c(c(-c5c(C)ccc6[nH]c(=O)n(C)c56)c(Cl)cc24)OCC3CN2CCCCC2)C[C@H]1C.C=CC(=O)N1C[C@H](C)N(c2nc(=O)n3c4c(c(-c5c(F)ccnc5N)c(Cl)cc24)OCC3CN2CCC2)C[C@H]1C.C=CC(=O)N1C[C@H](C)N(c2nc(=O)n3c4c(c(-c5c(F)ccnc5NC)c(Cl)cc24)OCC3CN2CCC2)C[C@H]1C. The van der Waals surface area contributed by atoms with E-state index in [1.807, 2.05) is 81.0 Å². The zero-order valence-electron chi connectivity index (χ0n) is 72.6. The molecule has 0 saturated carbocycles. The molecule has 4 aromatic carbocycles. The Balaban J connectivity index is 0.000000135. The van der Waals surface area contributed by atoms with Crippen LogP contribution in [0.15, 0.2) is 112 Å². The predicted molar refractivity (Wildman–Crippen MR) is 491 cm³/mol. The number of nitrogens with two attached hydrogens (primary N) is 1. The number of rotatable bonds is 16. The number of ether oxygens (including phenoxy) is 3. The molecule has 127 heavy (non-hydrogen) atoms. The van der Waals surface area contributed by atoms with Crippen molar-refractivity contribution in [3.05, 3.63) is 167 Å². The molecular weight excluding hydrogens is 1690 g/mol. The van der Waals surface area contributed by atoms with Crippen LogP contribution < -0.4 is 62.7 Å². The number of H-pyrrole nitrogens is 1. The Morgan fingerprint density at radius 2 is 0.858 bits per heavy atom. The topological polar surface area (TPSA) is 314 Å². The van der Waals surface area contributed by atoms with Gasteiger partial charge in [0.05, 0.1) is 83.0 Å². The number of piperazine rings is 3. The van der Waals surface area contributed by atoms with Gasteiger partial charge in [-0.1, -0.05) is 67.0 Å². The van der Waals surface area contributed by atoms with Crippen molar-refractivity contribution in [3.8, 4) is 50.6 Å². The fourth-order valence-corrected chi connectivity index (χ4v) is 20.8. The number of benzene rings is 4. The lowest BCUT2D eigenvalue weighted by Gasteiger charge is -2.45. The number of piperidine rings is 1. The third kappa shape index (κ3) is 15.6. The lowest BCUT2D eigenvalue weighted by atomic mass is 9.95. The number of imidazole rings is 1. The average Bonchev–Trinajstić information content (AvgIpc) is 1.66. The molecule has 0 radical (unpaired) electrons. The molecule has 9 atom stereocenters. The second kappa shape index (κ2) is 35.3. The number of likely N-dealkylation sites (tertiary alicyclic amines) is 3. The van der Waals surface area contributed by atoms with Gasteiger partial charge in [0, 0.05) is 149 Å². The third-order valence-electron chi connectivity index (χ3n) is 26.6. The number of nitrogen functional groups attached to an aromatic ring is 1. The molecule has 4 N–H and O–H groups in total. The molecule has 15 heterocycles. The number of hydrogen-bond donors (Lipinski definition) is 3. The van der Waals surface area contributed by atoms with Crippen LogP contribution >= 0.6 is 34.8 Å². The number of carbonyl (C=O) groups is 3. The summed E-state index contributed by atoms with van der Waals surface area (Å²) in [6.07, 6.45) is 12.4. The van der Waals surface area contributed by atoms with Crippen molar-refractivity contribution in [2.45, 2.75) is 135 Å². The van der Waals surface area contributed by atoms with E-state index in [0.717, 1.165) is 87.0 Å². The monoisotopic (exact) mass is 1790 g/mol. The van der Waals surface area contributed by atoms with E-state index >= 15 is 8.78 Å². The van der Waals surface area contributed by atoms with Gasteiger partial charge in [0.2, 0.25) is 17.7 Å². The number of aryl methyl sites for hydroxylation is 2. The minimum Gasteiger partial charge on any atom is -0.488 e. The van der Waals surface area contributed by atoms with Gasteiger partial charge in [-0.15, -0.1) is 0 Å². The maximum atomic E-state index is 15.4. The number of amides is 3. The molecule has 9 aliphatic rings. The molecule has 3 unspecified atom stereocenters. The summed E-state index contributed by atoms with van der Waals surface area (Å²) in [5.74, 6) is 1.35. The van der Waals surface area contributed by atoms with Gasteiger partial charge in [0.25, 0.3) is 0 Å². The highest BCUT2D eigenvalue weighted by atomic mass is 35.5. The number of nitrogens with one attached hydrogen (secondary N) is 2. The van der Waals surface area contributed by atoms with Gasteiger partial charge >= 0.3 is 22.8 Å². The number of carbonyl (C=O) groups excluding carboxylic acids is 3. The van der Waals surface area contributed by atoms with Gasteiger partial charge in [-0.3, -0.25) is 32.7 Å². The quantitative estimate of drug-likeness (QED) is 0.0757. The van der Waals surface area contributed by atoms with E-state index in [0.29, 0.717) is 149 Å². The van der Waals surface area contributed by atoms with Crippen molar-refractivity contribution in [2.75, 3.05) is 151 Å². The van der Waals surface area contributed by atoms with Crippen LogP contribution in [0.2, 0.25) is 15.1 Å². The Bertz CT molecular complexity index is 6380. The average molecular weight is 1800 g/mol. The Hall–Kier alpha value is -11.5. The van der Waals surface area contributed by atoms with E-state index in [1.165, 1.54) is 49.2 Å². The number of aromatic nitrogens is 10. The first-order valence-electron chi connectivity index (χ1n) is 43.4. The minimum absolute atomic E-state index is 0.0292. The number of anilines is 5. The summed E-state index contributed by atoms with van der Waals surface area (Å²) >= 11 is 21.0. The molecule has 0 spiro atoms. The highest BCUT2D eigenvalue weighted by molar-refractivity contribution is 6.37. The first-order valence-corrected chi connectivity index (χ1v) is 44.6. The molecule has 3 amide bonds. The molecule has 6 aromatic heterocycles. The number of hydrogen-bond acceptors (Lipinski definition) is 23. The largest absolute Gasteiger partial charge is 0.488 e.